The van der Waals surface area contributed by atoms with Crippen LogP contribution in [0, 0.1) is 6.92 Å². The number of rotatable bonds is 5. The summed E-state index contributed by atoms with van der Waals surface area (Å²) in [5.41, 5.74) is 1.77. The van der Waals surface area contributed by atoms with Crippen LogP contribution in [-0.4, -0.2) is 22.0 Å². The number of carbonyl (C=O) groups is 2. The third kappa shape index (κ3) is 3.25. The first-order valence-electron chi connectivity index (χ1n) is 6.68. The number of carbonyl (C=O) groups excluding carboxylic acids is 1. The second-order valence-electron chi connectivity index (χ2n) is 4.93. The molecule has 2 aromatic rings. The Morgan fingerprint density at radius 2 is 1.73 bits per heavy atom. The first kappa shape index (κ1) is 15.6. The molecule has 0 amide bonds. The van der Waals surface area contributed by atoms with E-state index >= 15 is 0 Å². The molecule has 0 spiro atoms. The number of aromatic hydroxyl groups is 1. The highest BCUT2D eigenvalue weighted by atomic mass is 16.5. The summed E-state index contributed by atoms with van der Waals surface area (Å²) in [6.45, 7) is 3.29. The Kier molecular flexibility index (Phi) is 4.46. The molecule has 0 saturated carbocycles. The lowest BCUT2D eigenvalue weighted by Crippen LogP contribution is -2.01. The third-order valence-corrected chi connectivity index (χ3v) is 3.36. The summed E-state index contributed by atoms with van der Waals surface area (Å²) in [5.74, 6) is -0.791. The second-order valence-corrected chi connectivity index (χ2v) is 4.93. The van der Waals surface area contributed by atoms with Crippen LogP contribution in [0.25, 0.3) is 0 Å². The minimum atomic E-state index is -0.979. The molecule has 5 heteroatoms. The van der Waals surface area contributed by atoms with Gasteiger partial charge in [-0.05, 0) is 43.7 Å². The molecule has 0 fully saturated rings. The Hall–Kier alpha value is -2.82. The van der Waals surface area contributed by atoms with Gasteiger partial charge >= 0.3 is 5.97 Å². The van der Waals surface area contributed by atoms with E-state index in [0.29, 0.717) is 11.3 Å². The SMILES string of the molecule is CC(=O)c1ccc(OCc2ccc(C(=O)O)cc2)c(C)c1O. The summed E-state index contributed by atoms with van der Waals surface area (Å²) in [7, 11) is 0. The molecule has 0 aliphatic carbocycles. The van der Waals surface area contributed by atoms with Gasteiger partial charge in [-0.15, -0.1) is 0 Å². The summed E-state index contributed by atoms with van der Waals surface area (Å²) in [5, 5.41) is 18.8. The van der Waals surface area contributed by atoms with E-state index in [1.807, 2.05) is 0 Å². The highest BCUT2D eigenvalue weighted by Gasteiger charge is 2.13. The predicted molar refractivity (Wildman–Crippen MR) is 80.6 cm³/mol. The van der Waals surface area contributed by atoms with Crippen molar-refractivity contribution in [3.63, 3.8) is 0 Å². The molecule has 2 aromatic carbocycles. The van der Waals surface area contributed by atoms with Crippen LogP contribution in [0.1, 0.15) is 38.8 Å². The van der Waals surface area contributed by atoms with E-state index in [9.17, 15) is 14.7 Å². The van der Waals surface area contributed by atoms with Crippen molar-refractivity contribution >= 4 is 11.8 Å². The fraction of sp³-hybridized carbons (Fsp3) is 0.176. The molecule has 0 atom stereocenters. The molecular weight excluding hydrogens is 284 g/mol. The Morgan fingerprint density at radius 3 is 2.27 bits per heavy atom. The second kappa shape index (κ2) is 6.30. The zero-order valence-corrected chi connectivity index (χ0v) is 12.3. The van der Waals surface area contributed by atoms with Crippen molar-refractivity contribution in [3.05, 3.63) is 58.7 Å². The molecule has 5 nitrogen and oxygen atoms in total. The standard InChI is InChI=1S/C17H16O5/c1-10-15(8-7-14(11(2)18)16(10)19)22-9-12-3-5-13(6-4-12)17(20)21/h3-8,19H,9H2,1-2H3,(H,20,21). The molecule has 0 bridgehead atoms. The maximum absolute atomic E-state index is 11.3. The average Bonchev–Trinajstić information content (AvgIpc) is 2.48. The van der Waals surface area contributed by atoms with Gasteiger partial charge in [-0.25, -0.2) is 4.79 Å². The Bertz CT molecular complexity index is 717. The molecule has 0 aliphatic rings. The van der Waals surface area contributed by atoms with Crippen molar-refractivity contribution in [2.24, 2.45) is 0 Å². The number of phenolic OH excluding ortho intramolecular Hbond substituents is 1. The van der Waals surface area contributed by atoms with E-state index in [2.05, 4.69) is 0 Å². The number of Topliss-reactive ketones (excluding diaryl/α,β-unsaturated/α-hetero) is 1. The zero-order valence-electron chi connectivity index (χ0n) is 12.3. The number of phenols is 1. The minimum absolute atomic E-state index is 0.0776. The number of carboxylic acids is 1. The highest BCUT2D eigenvalue weighted by molar-refractivity contribution is 5.97. The first-order chi connectivity index (χ1) is 10.4. The minimum Gasteiger partial charge on any atom is -0.507 e. The number of ketones is 1. The Balaban J connectivity index is 2.13. The summed E-state index contributed by atoms with van der Waals surface area (Å²) in [4.78, 5) is 22.1. The van der Waals surface area contributed by atoms with Crippen LogP contribution in [-0.2, 0) is 6.61 Å². The van der Waals surface area contributed by atoms with Crippen LogP contribution >= 0.6 is 0 Å². The summed E-state index contributed by atoms with van der Waals surface area (Å²) >= 11 is 0. The number of hydrogen-bond donors (Lipinski definition) is 2. The van der Waals surface area contributed by atoms with Gasteiger partial charge < -0.3 is 14.9 Å². The lowest BCUT2D eigenvalue weighted by Gasteiger charge is -2.12. The number of carboxylic acid groups (broad SMARTS) is 1. The quantitative estimate of drug-likeness (QED) is 0.828. The van der Waals surface area contributed by atoms with E-state index < -0.39 is 5.97 Å². The van der Waals surface area contributed by atoms with Gasteiger partial charge in [-0.2, -0.15) is 0 Å². The van der Waals surface area contributed by atoms with Crippen LogP contribution in [0.15, 0.2) is 36.4 Å². The van der Waals surface area contributed by atoms with Gasteiger partial charge in [-0.1, -0.05) is 12.1 Å². The maximum atomic E-state index is 11.3. The van der Waals surface area contributed by atoms with Gasteiger partial charge in [0.1, 0.15) is 18.1 Å². The van der Waals surface area contributed by atoms with Gasteiger partial charge in [0.15, 0.2) is 5.78 Å². The van der Waals surface area contributed by atoms with E-state index in [1.165, 1.54) is 25.1 Å². The number of aromatic carboxylic acids is 1. The molecule has 22 heavy (non-hydrogen) atoms. The first-order valence-corrected chi connectivity index (χ1v) is 6.68. The molecular formula is C17H16O5. The molecule has 0 saturated heterocycles. The third-order valence-electron chi connectivity index (χ3n) is 3.36. The van der Waals surface area contributed by atoms with Crippen molar-refractivity contribution in [2.45, 2.75) is 20.5 Å². The number of ether oxygens (including phenoxy) is 1. The fourth-order valence-electron chi connectivity index (χ4n) is 2.03. The van der Waals surface area contributed by atoms with E-state index in [4.69, 9.17) is 9.84 Å². The van der Waals surface area contributed by atoms with Crippen molar-refractivity contribution in [1.29, 1.82) is 0 Å². The predicted octanol–water partition coefficient (Wildman–Crippen LogP) is 3.18. The molecule has 2 rings (SSSR count). The summed E-state index contributed by atoms with van der Waals surface area (Å²) in [6, 6.07) is 9.50. The van der Waals surface area contributed by atoms with Crippen LogP contribution in [0.4, 0.5) is 0 Å². The normalized spacial score (nSPS) is 10.3. The fourth-order valence-corrected chi connectivity index (χ4v) is 2.03. The van der Waals surface area contributed by atoms with Crippen molar-refractivity contribution < 1.29 is 24.5 Å². The van der Waals surface area contributed by atoms with Crippen molar-refractivity contribution in [1.82, 2.24) is 0 Å². The lowest BCUT2D eigenvalue weighted by atomic mass is 10.1. The monoisotopic (exact) mass is 300 g/mol. The van der Waals surface area contributed by atoms with Gasteiger partial charge in [-0.3, -0.25) is 4.79 Å². The maximum Gasteiger partial charge on any atom is 0.335 e. The lowest BCUT2D eigenvalue weighted by molar-refractivity contribution is 0.0696. The zero-order chi connectivity index (χ0) is 16.3. The van der Waals surface area contributed by atoms with Gasteiger partial charge in [0.05, 0.1) is 11.1 Å². The molecule has 0 unspecified atom stereocenters. The average molecular weight is 300 g/mol. The van der Waals surface area contributed by atoms with Crippen LogP contribution in [0.5, 0.6) is 11.5 Å². The highest BCUT2D eigenvalue weighted by Crippen LogP contribution is 2.31. The molecule has 0 aliphatic heterocycles. The number of hydrogen-bond acceptors (Lipinski definition) is 4. The largest absolute Gasteiger partial charge is 0.507 e. The van der Waals surface area contributed by atoms with Crippen LogP contribution in [0.3, 0.4) is 0 Å². The van der Waals surface area contributed by atoms with Crippen molar-refractivity contribution in [3.8, 4) is 11.5 Å². The summed E-state index contributed by atoms with van der Waals surface area (Å²) < 4.78 is 5.62. The number of benzene rings is 2. The topological polar surface area (TPSA) is 83.8 Å². The van der Waals surface area contributed by atoms with Crippen molar-refractivity contribution in [2.75, 3.05) is 0 Å². The Morgan fingerprint density at radius 1 is 1.09 bits per heavy atom. The molecule has 0 aromatic heterocycles. The van der Waals surface area contributed by atoms with E-state index in [1.54, 1.807) is 25.1 Å². The van der Waals surface area contributed by atoms with Gasteiger partial charge in [0.25, 0.3) is 0 Å². The van der Waals surface area contributed by atoms with Crippen LogP contribution in [0.2, 0.25) is 0 Å². The molecule has 114 valence electrons. The smallest absolute Gasteiger partial charge is 0.335 e. The Labute approximate surface area is 127 Å². The molecule has 0 heterocycles. The van der Waals surface area contributed by atoms with Crippen LogP contribution < -0.4 is 4.74 Å². The van der Waals surface area contributed by atoms with Gasteiger partial charge in [0.2, 0.25) is 0 Å². The molecule has 2 N–H and O–H groups in total. The van der Waals surface area contributed by atoms with Gasteiger partial charge in [0, 0.05) is 5.56 Å². The van der Waals surface area contributed by atoms with E-state index in [0.717, 1.165) is 5.56 Å². The molecule has 0 radical (unpaired) electrons. The van der Waals surface area contributed by atoms with E-state index in [-0.39, 0.29) is 29.3 Å². The summed E-state index contributed by atoms with van der Waals surface area (Å²) in [6.07, 6.45) is 0.